The lowest BCUT2D eigenvalue weighted by molar-refractivity contribution is -0.256. The maximum absolute atomic E-state index is 6.54. The van der Waals surface area contributed by atoms with Gasteiger partial charge < -0.3 is 19.5 Å². The molecule has 2 bridgehead atoms. The molecule has 2 saturated heterocycles. The first-order chi connectivity index (χ1) is 10.8. The molecule has 4 heteroatoms. The summed E-state index contributed by atoms with van der Waals surface area (Å²) in [5, 5.41) is 3.77. The zero-order valence-electron chi connectivity index (χ0n) is 12.6. The molecule has 0 aromatic heterocycles. The van der Waals surface area contributed by atoms with Crippen molar-refractivity contribution in [2.45, 2.75) is 49.0 Å². The molecule has 3 heterocycles. The number of nitrogens with one attached hydrogen (secondary N) is 1. The van der Waals surface area contributed by atoms with E-state index in [9.17, 15) is 0 Å². The lowest BCUT2D eigenvalue weighted by atomic mass is 9.51. The van der Waals surface area contributed by atoms with Crippen LogP contribution in [0.3, 0.4) is 0 Å². The minimum Gasteiger partial charge on any atom is -0.484 e. The average Bonchev–Trinajstić information content (AvgIpc) is 3.11. The first kappa shape index (κ1) is 12.3. The molecule has 0 amide bonds. The molecule has 2 aliphatic carbocycles. The van der Waals surface area contributed by atoms with Crippen LogP contribution in [0.15, 0.2) is 18.2 Å². The smallest absolute Gasteiger partial charge is 0.206 e. The minimum absolute atomic E-state index is 0.0299. The Hall–Kier alpha value is -1.10. The SMILES string of the molecule is c1cc2c3c(c1)OC1C4(CCC5C(C2)NCCC351)OCCO4. The standard InChI is InChI=1S/C18H21NO3/c1-2-11-10-13-12-4-5-18(20-8-9-21-18)16-17(12,6-7-19-13)15(11)14(3-1)22-16/h1-3,12-13,16,19H,4-10H2. The molecule has 4 atom stereocenters. The van der Waals surface area contributed by atoms with Crippen molar-refractivity contribution in [1.82, 2.24) is 5.32 Å². The number of piperidine rings is 1. The van der Waals surface area contributed by atoms with Gasteiger partial charge in [-0.1, -0.05) is 12.1 Å². The van der Waals surface area contributed by atoms with Crippen LogP contribution in [0, 0.1) is 5.92 Å². The Morgan fingerprint density at radius 2 is 2.05 bits per heavy atom. The van der Waals surface area contributed by atoms with E-state index in [1.54, 1.807) is 0 Å². The summed E-state index contributed by atoms with van der Waals surface area (Å²) >= 11 is 0. The van der Waals surface area contributed by atoms with Crippen molar-refractivity contribution in [3.63, 3.8) is 0 Å². The largest absolute Gasteiger partial charge is 0.484 e. The highest BCUT2D eigenvalue weighted by molar-refractivity contribution is 5.55. The van der Waals surface area contributed by atoms with Crippen LogP contribution in [0.1, 0.15) is 30.4 Å². The Bertz CT molecular complexity index is 654. The van der Waals surface area contributed by atoms with E-state index in [0.717, 1.165) is 31.6 Å². The van der Waals surface area contributed by atoms with E-state index in [0.29, 0.717) is 25.2 Å². The van der Waals surface area contributed by atoms with Crippen molar-refractivity contribution in [2.24, 2.45) is 5.92 Å². The number of ether oxygens (including phenoxy) is 3. The van der Waals surface area contributed by atoms with Gasteiger partial charge in [-0.25, -0.2) is 0 Å². The van der Waals surface area contributed by atoms with Crippen LogP contribution in [0.4, 0.5) is 0 Å². The predicted molar refractivity (Wildman–Crippen MR) is 80.0 cm³/mol. The van der Waals surface area contributed by atoms with Gasteiger partial charge in [-0.15, -0.1) is 0 Å². The third-order valence-corrected chi connectivity index (χ3v) is 6.80. The molecule has 1 aromatic carbocycles. The van der Waals surface area contributed by atoms with E-state index < -0.39 is 5.79 Å². The predicted octanol–water partition coefficient (Wildman–Crippen LogP) is 1.76. The summed E-state index contributed by atoms with van der Waals surface area (Å²) in [4.78, 5) is 0. The molecular formula is C18H21NO3. The van der Waals surface area contributed by atoms with Gasteiger partial charge >= 0.3 is 0 Å². The van der Waals surface area contributed by atoms with Crippen molar-refractivity contribution in [2.75, 3.05) is 19.8 Å². The number of hydrogen-bond donors (Lipinski definition) is 1. The fourth-order valence-electron chi connectivity index (χ4n) is 6.17. The van der Waals surface area contributed by atoms with E-state index in [1.165, 1.54) is 17.5 Å². The highest BCUT2D eigenvalue weighted by atomic mass is 16.8. The van der Waals surface area contributed by atoms with Gasteiger partial charge in [0.05, 0.1) is 13.2 Å². The molecule has 3 fully saturated rings. The zero-order valence-corrected chi connectivity index (χ0v) is 12.6. The molecule has 1 N–H and O–H groups in total. The van der Waals surface area contributed by atoms with E-state index in [2.05, 4.69) is 23.5 Å². The van der Waals surface area contributed by atoms with Gasteiger partial charge in [0.15, 0.2) is 6.10 Å². The summed E-state index contributed by atoms with van der Waals surface area (Å²) in [6, 6.07) is 7.16. The number of fused-ring (bicyclic) bond motifs is 1. The monoisotopic (exact) mass is 299 g/mol. The second-order valence-corrected chi connectivity index (χ2v) is 7.50. The summed E-state index contributed by atoms with van der Waals surface area (Å²) in [5.41, 5.74) is 3.06. The second-order valence-electron chi connectivity index (χ2n) is 7.50. The van der Waals surface area contributed by atoms with E-state index in [4.69, 9.17) is 14.2 Å². The average molecular weight is 299 g/mol. The van der Waals surface area contributed by atoms with Crippen LogP contribution in [-0.4, -0.2) is 37.7 Å². The van der Waals surface area contributed by atoms with Gasteiger partial charge in [0.2, 0.25) is 5.79 Å². The molecule has 3 aliphatic heterocycles. The first-order valence-electron chi connectivity index (χ1n) is 8.64. The summed E-state index contributed by atoms with van der Waals surface area (Å²) < 4.78 is 18.9. The summed E-state index contributed by atoms with van der Waals surface area (Å²) in [5.74, 6) is 1.24. The molecule has 116 valence electrons. The van der Waals surface area contributed by atoms with Crippen molar-refractivity contribution in [1.29, 1.82) is 0 Å². The molecule has 4 unspecified atom stereocenters. The molecule has 1 aromatic rings. The topological polar surface area (TPSA) is 39.7 Å². The van der Waals surface area contributed by atoms with Crippen molar-refractivity contribution < 1.29 is 14.2 Å². The van der Waals surface area contributed by atoms with Crippen molar-refractivity contribution >= 4 is 0 Å². The maximum Gasteiger partial charge on any atom is 0.206 e. The van der Waals surface area contributed by atoms with Crippen LogP contribution in [0.5, 0.6) is 5.75 Å². The van der Waals surface area contributed by atoms with Crippen LogP contribution in [0.25, 0.3) is 0 Å². The minimum atomic E-state index is -0.508. The normalized spacial score (nSPS) is 43.0. The number of hydrogen-bond acceptors (Lipinski definition) is 4. The van der Waals surface area contributed by atoms with Crippen LogP contribution < -0.4 is 10.1 Å². The molecule has 0 radical (unpaired) electrons. The van der Waals surface area contributed by atoms with Crippen molar-refractivity contribution in [3.8, 4) is 5.75 Å². The molecule has 5 aliphatic rings. The van der Waals surface area contributed by atoms with Crippen LogP contribution >= 0.6 is 0 Å². The van der Waals surface area contributed by atoms with Gasteiger partial charge in [0.1, 0.15) is 5.75 Å². The third-order valence-electron chi connectivity index (χ3n) is 6.80. The van der Waals surface area contributed by atoms with E-state index in [1.807, 2.05) is 0 Å². The van der Waals surface area contributed by atoms with Gasteiger partial charge in [-0.2, -0.15) is 0 Å². The van der Waals surface area contributed by atoms with Crippen LogP contribution in [-0.2, 0) is 21.3 Å². The number of rotatable bonds is 0. The first-order valence-corrected chi connectivity index (χ1v) is 8.64. The third kappa shape index (κ3) is 1.20. The highest BCUT2D eigenvalue weighted by Gasteiger charge is 2.70. The Labute approximate surface area is 130 Å². The summed E-state index contributed by atoms with van der Waals surface area (Å²) in [7, 11) is 0. The highest BCUT2D eigenvalue weighted by Crippen LogP contribution is 2.63. The molecule has 6 rings (SSSR count). The fraction of sp³-hybridized carbons (Fsp3) is 0.667. The molecular weight excluding hydrogens is 278 g/mol. The Morgan fingerprint density at radius 1 is 1.14 bits per heavy atom. The van der Waals surface area contributed by atoms with Gasteiger partial charge in [-0.3, -0.25) is 0 Å². The Balaban J connectivity index is 1.62. The maximum atomic E-state index is 6.54. The number of benzene rings is 1. The van der Waals surface area contributed by atoms with Gasteiger partial charge in [0, 0.05) is 23.4 Å². The summed E-state index contributed by atoms with van der Waals surface area (Å²) in [6.07, 6.45) is 4.44. The molecule has 4 nitrogen and oxygen atoms in total. The fourth-order valence-corrected chi connectivity index (χ4v) is 6.17. The van der Waals surface area contributed by atoms with E-state index >= 15 is 0 Å². The van der Waals surface area contributed by atoms with E-state index in [-0.39, 0.29) is 11.5 Å². The van der Waals surface area contributed by atoms with Crippen molar-refractivity contribution in [3.05, 3.63) is 29.3 Å². The summed E-state index contributed by atoms with van der Waals surface area (Å²) in [6.45, 7) is 2.47. The quantitative estimate of drug-likeness (QED) is 0.792. The van der Waals surface area contributed by atoms with Gasteiger partial charge in [0.25, 0.3) is 0 Å². The molecule has 1 saturated carbocycles. The Morgan fingerprint density at radius 3 is 2.95 bits per heavy atom. The lowest BCUT2D eigenvalue weighted by Crippen LogP contribution is -2.69. The van der Waals surface area contributed by atoms with Gasteiger partial charge in [-0.05, 0) is 43.4 Å². The molecule has 2 spiro atoms. The zero-order chi connectivity index (χ0) is 14.4. The second kappa shape index (κ2) is 3.86. The molecule has 22 heavy (non-hydrogen) atoms. The lowest BCUT2D eigenvalue weighted by Gasteiger charge is -2.58. The van der Waals surface area contributed by atoms with Crippen LogP contribution in [0.2, 0.25) is 0 Å². The Kier molecular flexibility index (Phi) is 2.17.